The average molecular weight is 253 g/mol. The molecule has 0 aromatic heterocycles. The molecule has 0 amide bonds. The Hall–Kier alpha value is -0.660. The summed E-state index contributed by atoms with van der Waals surface area (Å²) >= 11 is 0. The Morgan fingerprint density at radius 3 is 1.83 bits per heavy atom. The van der Waals surface area contributed by atoms with Crippen molar-refractivity contribution in [1.29, 1.82) is 0 Å². The molecule has 0 saturated heterocycles. The summed E-state index contributed by atoms with van der Waals surface area (Å²) in [6, 6.07) is 1.04. The summed E-state index contributed by atoms with van der Waals surface area (Å²) in [5.41, 5.74) is 1.42. The Morgan fingerprint density at radius 1 is 0.944 bits per heavy atom. The van der Waals surface area contributed by atoms with Crippen molar-refractivity contribution in [3.63, 3.8) is 0 Å². The smallest absolute Gasteiger partial charge is 0.118 e. The largest absolute Gasteiger partial charge is 0.494 e. The van der Waals surface area contributed by atoms with E-state index in [-0.39, 0.29) is 0 Å². The van der Waals surface area contributed by atoms with E-state index >= 15 is 0 Å². The third-order valence-corrected chi connectivity index (χ3v) is 3.69. The molecule has 2 nitrogen and oxygen atoms in total. The van der Waals surface area contributed by atoms with Crippen LogP contribution in [0.2, 0.25) is 0 Å². The van der Waals surface area contributed by atoms with Gasteiger partial charge in [-0.3, -0.25) is 0 Å². The van der Waals surface area contributed by atoms with E-state index in [1.807, 2.05) is 0 Å². The second kappa shape index (κ2) is 5.99. The van der Waals surface area contributed by atoms with Crippen molar-refractivity contribution in [2.75, 3.05) is 6.61 Å². The van der Waals surface area contributed by atoms with Gasteiger partial charge in [0.1, 0.15) is 12.4 Å². The Balaban J connectivity index is 3.23. The summed E-state index contributed by atoms with van der Waals surface area (Å²) in [6.45, 7) is 19.0. The van der Waals surface area contributed by atoms with E-state index in [0.717, 1.165) is 6.61 Å². The van der Waals surface area contributed by atoms with E-state index in [1.165, 1.54) is 11.5 Å². The standard InChI is InChI=1S/C16H31NO/c1-10(2)14-9-18-16(12(5)6)15(11(3)4)17(14)13(7)8/h10-14H,9H2,1-8H3. The zero-order valence-electron chi connectivity index (χ0n) is 13.4. The highest BCUT2D eigenvalue weighted by molar-refractivity contribution is 5.17. The van der Waals surface area contributed by atoms with Crippen LogP contribution in [0.1, 0.15) is 55.4 Å². The lowest BCUT2D eigenvalue weighted by atomic mass is 9.93. The highest BCUT2D eigenvalue weighted by atomic mass is 16.5. The molecule has 0 spiro atoms. The second-order valence-electron chi connectivity index (χ2n) is 6.68. The number of rotatable bonds is 4. The monoisotopic (exact) mass is 253 g/mol. The Bertz CT molecular complexity index is 302. The third-order valence-electron chi connectivity index (χ3n) is 3.69. The van der Waals surface area contributed by atoms with Crippen LogP contribution < -0.4 is 0 Å². The van der Waals surface area contributed by atoms with Crippen LogP contribution in [0, 0.1) is 17.8 Å². The first-order valence-electron chi connectivity index (χ1n) is 7.42. The fourth-order valence-electron chi connectivity index (χ4n) is 2.86. The predicted octanol–water partition coefficient (Wildman–Crippen LogP) is 4.28. The topological polar surface area (TPSA) is 12.5 Å². The highest BCUT2D eigenvalue weighted by Crippen LogP contribution is 2.35. The summed E-state index contributed by atoms with van der Waals surface area (Å²) in [5, 5.41) is 0. The molecular formula is C16H31NO. The number of hydrogen-bond donors (Lipinski definition) is 0. The van der Waals surface area contributed by atoms with Gasteiger partial charge in [-0.25, -0.2) is 0 Å². The number of hydrogen-bond acceptors (Lipinski definition) is 2. The van der Waals surface area contributed by atoms with Crippen molar-refractivity contribution >= 4 is 0 Å². The van der Waals surface area contributed by atoms with Crippen molar-refractivity contribution in [3.8, 4) is 0 Å². The van der Waals surface area contributed by atoms with Crippen molar-refractivity contribution in [3.05, 3.63) is 11.5 Å². The van der Waals surface area contributed by atoms with Crippen molar-refractivity contribution in [1.82, 2.24) is 4.90 Å². The second-order valence-corrected chi connectivity index (χ2v) is 6.68. The van der Waals surface area contributed by atoms with E-state index in [4.69, 9.17) is 4.74 Å². The Morgan fingerprint density at radius 2 is 1.50 bits per heavy atom. The van der Waals surface area contributed by atoms with Crippen molar-refractivity contribution in [2.45, 2.75) is 67.5 Å². The van der Waals surface area contributed by atoms with Crippen LogP contribution in [-0.4, -0.2) is 23.6 Å². The van der Waals surface area contributed by atoms with Gasteiger partial charge in [-0.1, -0.05) is 41.5 Å². The van der Waals surface area contributed by atoms with Crippen LogP contribution in [0.3, 0.4) is 0 Å². The van der Waals surface area contributed by atoms with Gasteiger partial charge in [-0.15, -0.1) is 0 Å². The Labute approximate surface area is 113 Å². The van der Waals surface area contributed by atoms with Gasteiger partial charge in [0.25, 0.3) is 0 Å². The molecule has 2 heteroatoms. The minimum absolute atomic E-state index is 0.469. The molecule has 1 aliphatic heterocycles. The molecule has 106 valence electrons. The molecule has 0 aromatic rings. The van der Waals surface area contributed by atoms with Gasteiger partial charge in [0.15, 0.2) is 0 Å². The van der Waals surface area contributed by atoms with Gasteiger partial charge >= 0.3 is 0 Å². The van der Waals surface area contributed by atoms with E-state index in [1.54, 1.807) is 0 Å². The lowest BCUT2D eigenvalue weighted by Gasteiger charge is -2.47. The van der Waals surface area contributed by atoms with Gasteiger partial charge in [-0.05, 0) is 25.7 Å². The molecule has 1 aliphatic rings. The Kier molecular flexibility index (Phi) is 5.12. The first-order chi connectivity index (χ1) is 8.27. The first kappa shape index (κ1) is 15.4. The maximum Gasteiger partial charge on any atom is 0.118 e. The van der Waals surface area contributed by atoms with Gasteiger partial charge in [0.05, 0.1) is 11.7 Å². The quantitative estimate of drug-likeness (QED) is 0.741. The van der Waals surface area contributed by atoms with Crippen LogP contribution in [0.15, 0.2) is 11.5 Å². The zero-order valence-corrected chi connectivity index (χ0v) is 13.4. The molecule has 1 rings (SSSR count). The average Bonchev–Trinajstić information content (AvgIpc) is 2.26. The molecule has 1 unspecified atom stereocenters. The van der Waals surface area contributed by atoms with Crippen LogP contribution >= 0.6 is 0 Å². The maximum atomic E-state index is 6.11. The number of allylic oxidation sites excluding steroid dienone is 2. The van der Waals surface area contributed by atoms with Crippen molar-refractivity contribution in [2.24, 2.45) is 17.8 Å². The molecular weight excluding hydrogens is 222 g/mol. The summed E-state index contributed by atoms with van der Waals surface area (Å²) in [7, 11) is 0. The van der Waals surface area contributed by atoms with Crippen LogP contribution in [0.25, 0.3) is 0 Å². The van der Waals surface area contributed by atoms with E-state index in [9.17, 15) is 0 Å². The van der Waals surface area contributed by atoms with E-state index in [0.29, 0.717) is 29.8 Å². The normalized spacial score (nSPS) is 21.6. The fourth-order valence-corrected chi connectivity index (χ4v) is 2.86. The summed E-state index contributed by atoms with van der Waals surface area (Å²) in [4.78, 5) is 2.61. The summed E-state index contributed by atoms with van der Waals surface area (Å²) < 4.78 is 6.11. The molecule has 0 fully saturated rings. The number of ether oxygens (including phenoxy) is 1. The minimum atomic E-state index is 0.469. The van der Waals surface area contributed by atoms with Crippen molar-refractivity contribution < 1.29 is 4.74 Å². The lowest BCUT2D eigenvalue weighted by molar-refractivity contribution is 0.0163. The summed E-state index contributed by atoms with van der Waals surface area (Å²) in [5.74, 6) is 2.81. The molecule has 18 heavy (non-hydrogen) atoms. The van der Waals surface area contributed by atoms with Gasteiger partial charge < -0.3 is 9.64 Å². The zero-order chi connectivity index (χ0) is 14.0. The third kappa shape index (κ3) is 3.02. The molecule has 0 aromatic carbocycles. The lowest BCUT2D eigenvalue weighted by Crippen LogP contribution is -2.50. The maximum absolute atomic E-state index is 6.11. The number of nitrogens with zero attached hydrogens (tertiary/aromatic N) is 1. The predicted molar refractivity (Wildman–Crippen MR) is 78.3 cm³/mol. The van der Waals surface area contributed by atoms with Crippen LogP contribution in [0.4, 0.5) is 0 Å². The SMILES string of the molecule is CC(C)C1=C(C(C)C)N(C(C)C)C(C(C)C)CO1. The first-order valence-corrected chi connectivity index (χ1v) is 7.42. The molecule has 0 aliphatic carbocycles. The fraction of sp³-hybridized carbons (Fsp3) is 0.875. The minimum Gasteiger partial charge on any atom is -0.494 e. The van der Waals surface area contributed by atoms with Crippen LogP contribution in [-0.2, 0) is 4.74 Å². The molecule has 0 saturated carbocycles. The van der Waals surface area contributed by atoms with Crippen LogP contribution in [0.5, 0.6) is 0 Å². The molecule has 1 heterocycles. The summed E-state index contributed by atoms with van der Waals surface area (Å²) in [6.07, 6.45) is 0. The molecule has 0 bridgehead atoms. The molecule has 1 atom stereocenters. The highest BCUT2D eigenvalue weighted by Gasteiger charge is 2.35. The van der Waals surface area contributed by atoms with Gasteiger partial charge in [0, 0.05) is 12.0 Å². The molecule has 0 radical (unpaired) electrons. The van der Waals surface area contributed by atoms with E-state index < -0.39 is 0 Å². The molecule has 0 N–H and O–H groups in total. The van der Waals surface area contributed by atoms with Gasteiger partial charge in [0.2, 0.25) is 0 Å². The van der Waals surface area contributed by atoms with Gasteiger partial charge in [-0.2, -0.15) is 0 Å². The van der Waals surface area contributed by atoms with E-state index in [2.05, 4.69) is 60.3 Å².